The van der Waals surface area contributed by atoms with Crippen molar-refractivity contribution in [2.75, 3.05) is 13.2 Å². The summed E-state index contributed by atoms with van der Waals surface area (Å²) >= 11 is 3.47. The number of unbranched alkanes of at least 4 members (excludes halogenated alkanes) is 1. The zero-order valence-corrected chi connectivity index (χ0v) is 11.7. The summed E-state index contributed by atoms with van der Waals surface area (Å²) in [6.45, 7) is 4.53. The second kappa shape index (κ2) is 8.16. The number of rotatable bonds is 7. The molecule has 0 spiro atoms. The van der Waals surface area contributed by atoms with E-state index >= 15 is 0 Å². The first-order chi connectivity index (χ1) is 8.27. The lowest BCUT2D eigenvalue weighted by atomic mass is 10.2. The van der Waals surface area contributed by atoms with Crippen molar-refractivity contribution in [2.24, 2.45) is 0 Å². The summed E-state index contributed by atoms with van der Waals surface area (Å²) < 4.78 is 6.81. The van der Waals surface area contributed by atoms with Crippen molar-refractivity contribution in [3.8, 4) is 18.1 Å². The number of hydrogen-bond donors (Lipinski definition) is 1. The second-order valence-corrected chi connectivity index (χ2v) is 4.60. The molecule has 0 amide bonds. The van der Waals surface area contributed by atoms with Gasteiger partial charge >= 0.3 is 0 Å². The fourth-order valence-electron chi connectivity index (χ4n) is 1.44. The fraction of sp³-hybridized carbons (Fsp3) is 0.429. The molecule has 0 aliphatic rings. The quantitative estimate of drug-likeness (QED) is 0.615. The van der Waals surface area contributed by atoms with Crippen LogP contribution in [-0.2, 0) is 6.54 Å². The SMILES string of the molecule is C#CCCCOc1ccc(Br)cc1CNCC. The molecule has 0 atom stereocenters. The standard InChI is InChI=1S/C14H18BrNO/c1-3-5-6-9-17-14-8-7-13(15)10-12(14)11-16-4-2/h1,7-8,10,16H,4-6,9,11H2,2H3. The molecule has 1 aromatic rings. The van der Waals surface area contributed by atoms with Crippen molar-refractivity contribution >= 4 is 15.9 Å². The summed E-state index contributed by atoms with van der Waals surface area (Å²) in [7, 11) is 0. The van der Waals surface area contributed by atoms with E-state index in [1.54, 1.807) is 0 Å². The Bertz CT molecular complexity index is 384. The fourth-order valence-corrected chi connectivity index (χ4v) is 1.85. The van der Waals surface area contributed by atoms with Gasteiger partial charge in [-0.3, -0.25) is 0 Å². The maximum atomic E-state index is 5.73. The van der Waals surface area contributed by atoms with Gasteiger partial charge < -0.3 is 10.1 Å². The molecule has 0 heterocycles. The first kappa shape index (κ1) is 14.1. The molecule has 17 heavy (non-hydrogen) atoms. The predicted octanol–water partition coefficient (Wildman–Crippen LogP) is 3.35. The Morgan fingerprint density at radius 3 is 3.00 bits per heavy atom. The van der Waals surface area contributed by atoms with Crippen LogP contribution in [0.2, 0.25) is 0 Å². The van der Waals surface area contributed by atoms with Crippen LogP contribution in [0.1, 0.15) is 25.3 Å². The topological polar surface area (TPSA) is 21.3 Å². The van der Waals surface area contributed by atoms with Gasteiger partial charge in [-0.2, -0.15) is 0 Å². The Morgan fingerprint density at radius 1 is 1.47 bits per heavy atom. The van der Waals surface area contributed by atoms with E-state index in [1.807, 2.05) is 12.1 Å². The number of nitrogens with one attached hydrogen (secondary N) is 1. The van der Waals surface area contributed by atoms with Crippen molar-refractivity contribution in [2.45, 2.75) is 26.3 Å². The van der Waals surface area contributed by atoms with Crippen LogP contribution < -0.4 is 10.1 Å². The van der Waals surface area contributed by atoms with E-state index in [-0.39, 0.29) is 0 Å². The highest BCUT2D eigenvalue weighted by atomic mass is 79.9. The summed E-state index contributed by atoms with van der Waals surface area (Å²) in [4.78, 5) is 0. The van der Waals surface area contributed by atoms with E-state index < -0.39 is 0 Å². The molecular formula is C14H18BrNO. The molecule has 3 heteroatoms. The number of ether oxygens (including phenoxy) is 1. The van der Waals surface area contributed by atoms with E-state index in [0.717, 1.165) is 36.2 Å². The summed E-state index contributed by atoms with van der Waals surface area (Å²) in [5.41, 5.74) is 1.17. The van der Waals surface area contributed by atoms with Crippen LogP contribution in [0.5, 0.6) is 5.75 Å². The van der Waals surface area contributed by atoms with Gasteiger partial charge in [-0.15, -0.1) is 12.3 Å². The second-order valence-electron chi connectivity index (χ2n) is 3.69. The summed E-state index contributed by atoms with van der Waals surface area (Å²) in [5, 5.41) is 3.30. The molecule has 0 bridgehead atoms. The van der Waals surface area contributed by atoms with Crippen LogP contribution in [0.3, 0.4) is 0 Å². The lowest BCUT2D eigenvalue weighted by molar-refractivity contribution is 0.309. The molecule has 0 saturated carbocycles. The van der Waals surface area contributed by atoms with Crippen molar-refractivity contribution in [1.82, 2.24) is 5.32 Å². The van der Waals surface area contributed by atoms with Crippen LogP contribution in [0.25, 0.3) is 0 Å². The van der Waals surface area contributed by atoms with E-state index in [2.05, 4.69) is 40.2 Å². The minimum absolute atomic E-state index is 0.672. The molecule has 2 nitrogen and oxygen atoms in total. The minimum Gasteiger partial charge on any atom is -0.493 e. The first-order valence-corrected chi connectivity index (χ1v) is 6.62. The molecule has 0 fully saturated rings. The molecule has 0 unspecified atom stereocenters. The van der Waals surface area contributed by atoms with Gasteiger partial charge in [0, 0.05) is 23.0 Å². The highest BCUT2D eigenvalue weighted by molar-refractivity contribution is 9.10. The molecule has 1 rings (SSSR count). The molecule has 1 N–H and O–H groups in total. The van der Waals surface area contributed by atoms with Gasteiger partial charge in [-0.05, 0) is 31.2 Å². The largest absolute Gasteiger partial charge is 0.493 e. The van der Waals surface area contributed by atoms with Crippen LogP contribution in [-0.4, -0.2) is 13.2 Å². The maximum Gasteiger partial charge on any atom is 0.123 e. The average molecular weight is 296 g/mol. The van der Waals surface area contributed by atoms with Crippen molar-refractivity contribution < 1.29 is 4.74 Å². The average Bonchev–Trinajstić information content (AvgIpc) is 2.34. The predicted molar refractivity (Wildman–Crippen MR) is 75.1 cm³/mol. The molecule has 1 aromatic carbocycles. The Labute approximate surface area is 112 Å². The third kappa shape index (κ3) is 5.25. The smallest absolute Gasteiger partial charge is 0.123 e. The number of benzene rings is 1. The minimum atomic E-state index is 0.672. The van der Waals surface area contributed by atoms with Crippen molar-refractivity contribution in [3.05, 3.63) is 28.2 Å². The van der Waals surface area contributed by atoms with E-state index in [9.17, 15) is 0 Å². The van der Waals surface area contributed by atoms with Crippen molar-refractivity contribution in [1.29, 1.82) is 0 Å². The third-order valence-electron chi connectivity index (χ3n) is 2.31. The third-order valence-corrected chi connectivity index (χ3v) is 2.80. The summed E-state index contributed by atoms with van der Waals surface area (Å²) in [6.07, 6.45) is 6.86. The van der Waals surface area contributed by atoms with Gasteiger partial charge in [-0.25, -0.2) is 0 Å². The lowest BCUT2D eigenvalue weighted by Crippen LogP contribution is -2.13. The van der Waals surface area contributed by atoms with Crippen LogP contribution in [0.4, 0.5) is 0 Å². The number of terminal acetylenes is 1. The van der Waals surface area contributed by atoms with Gasteiger partial charge in [0.15, 0.2) is 0 Å². The van der Waals surface area contributed by atoms with Crippen LogP contribution >= 0.6 is 15.9 Å². The van der Waals surface area contributed by atoms with Gasteiger partial charge in [0.2, 0.25) is 0 Å². The molecule has 0 saturated heterocycles. The molecule has 0 aliphatic heterocycles. The maximum absolute atomic E-state index is 5.73. The molecule has 0 aliphatic carbocycles. The monoisotopic (exact) mass is 295 g/mol. The lowest BCUT2D eigenvalue weighted by Gasteiger charge is -2.12. The Balaban J connectivity index is 2.59. The zero-order chi connectivity index (χ0) is 12.5. The Morgan fingerprint density at radius 2 is 2.29 bits per heavy atom. The molecular weight excluding hydrogens is 278 g/mol. The molecule has 0 radical (unpaired) electrons. The van der Waals surface area contributed by atoms with Gasteiger partial charge in [0.05, 0.1) is 6.61 Å². The zero-order valence-electron chi connectivity index (χ0n) is 10.1. The normalized spacial score (nSPS) is 9.94. The molecule has 0 aromatic heterocycles. The summed E-state index contributed by atoms with van der Waals surface area (Å²) in [6, 6.07) is 6.07. The van der Waals surface area contributed by atoms with E-state index in [4.69, 9.17) is 11.2 Å². The number of hydrogen-bond acceptors (Lipinski definition) is 2. The van der Waals surface area contributed by atoms with Crippen LogP contribution in [0.15, 0.2) is 22.7 Å². The van der Waals surface area contributed by atoms with Gasteiger partial charge in [-0.1, -0.05) is 22.9 Å². The highest BCUT2D eigenvalue weighted by Crippen LogP contribution is 2.23. The number of halogens is 1. The van der Waals surface area contributed by atoms with Crippen LogP contribution in [0, 0.1) is 12.3 Å². The van der Waals surface area contributed by atoms with Gasteiger partial charge in [0.1, 0.15) is 5.75 Å². The Kier molecular flexibility index (Phi) is 6.76. The van der Waals surface area contributed by atoms with E-state index in [1.165, 1.54) is 5.56 Å². The Hall–Kier alpha value is -0.980. The first-order valence-electron chi connectivity index (χ1n) is 5.83. The summed E-state index contributed by atoms with van der Waals surface area (Å²) in [5.74, 6) is 3.55. The van der Waals surface area contributed by atoms with E-state index in [0.29, 0.717) is 6.61 Å². The molecule has 92 valence electrons. The van der Waals surface area contributed by atoms with Crippen molar-refractivity contribution in [3.63, 3.8) is 0 Å². The van der Waals surface area contributed by atoms with Gasteiger partial charge in [0.25, 0.3) is 0 Å². The highest BCUT2D eigenvalue weighted by Gasteiger charge is 2.04.